The Kier molecular flexibility index (Phi) is 5.91. The fraction of sp³-hybridized carbons (Fsp3) is 0.261. The second-order valence-corrected chi connectivity index (χ2v) is 7.97. The summed E-state index contributed by atoms with van der Waals surface area (Å²) in [5.41, 5.74) is 0.315. The Morgan fingerprint density at radius 2 is 1.77 bits per heavy atom. The molecule has 3 N–H and O–H groups in total. The molecule has 156 valence electrons. The van der Waals surface area contributed by atoms with Gasteiger partial charge in [0.2, 0.25) is 0 Å². The monoisotopic (exact) mass is 408 g/mol. The lowest BCUT2D eigenvalue weighted by Crippen LogP contribution is -2.45. The average molecular weight is 408 g/mol. The van der Waals surface area contributed by atoms with Crippen LogP contribution in [0.15, 0.2) is 54.7 Å². The van der Waals surface area contributed by atoms with Gasteiger partial charge in [-0.25, -0.2) is 4.79 Å². The summed E-state index contributed by atoms with van der Waals surface area (Å²) in [7, 11) is 0. The number of fused-ring (bicyclic) bond motifs is 1. The number of phenolic OH excluding ortho intramolecular Hbond substituents is 2. The number of benzene rings is 2. The molecular formula is C23H24N2O5. The van der Waals surface area contributed by atoms with Crippen molar-refractivity contribution in [3.8, 4) is 11.5 Å². The second kappa shape index (κ2) is 8.41. The zero-order valence-electron chi connectivity index (χ0n) is 17.0. The SMILES string of the molecule is CC(C)(C)OC(=O)[C@H](Cc1ccc(O)cc1)NC(=O)c1ccc2cccnc2c1O. The van der Waals surface area contributed by atoms with Crippen LogP contribution in [0.5, 0.6) is 11.5 Å². The van der Waals surface area contributed by atoms with Gasteiger partial charge in [-0.15, -0.1) is 0 Å². The van der Waals surface area contributed by atoms with Crippen molar-refractivity contribution in [3.63, 3.8) is 0 Å². The molecule has 3 rings (SSSR count). The second-order valence-electron chi connectivity index (χ2n) is 7.97. The summed E-state index contributed by atoms with van der Waals surface area (Å²) in [6.45, 7) is 5.22. The Bertz CT molecular complexity index is 1070. The molecule has 7 nitrogen and oxygen atoms in total. The number of aromatic nitrogens is 1. The van der Waals surface area contributed by atoms with Crippen LogP contribution in [0.3, 0.4) is 0 Å². The Morgan fingerprint density at radius 1 is 1.07 bits per heavy atom. The van der Waals surface area contributed by atoms with Crippen molar-refractivity contribution < 1.29 is 24.5 Å². The highest BCUT2D eigenvalue weighted by Crippen LogP contribution is 2.27. The summed E-state index contributed by atoms with van der Waals surface area (Å²) in [6.07, 6.45) is 1.69. The lowest BCUT2D eigenvalue weighted by molar-refractivity contribution is -0.157. The first-order valence-electron chi connectivity index (χ1n) is 9.52. The van der Waals surface area contributed by atoms with Crippen molar-refractivity contribution in [2.24, 2.45) is 0 Å². The highest BCUT2D eigenvalue weighted by atomic mass is 16.6. The van der Waals surface area contributed by atoms with Gasteiger partial charge in [-0.05, 0) is 50.6 Å². The van der Waals surface area contributed by atoms with Gasteiger partial charge in [0.05, 0.1) is 5.56 Å². The van der Waals surface area contributed by atoms with Gasteiger partial charge in [0.15, 0.2) is 5.75 Å². The number of amides is 1. The smallest absolute Gasteiger partial charge is 0.329 e. The van der Waals surface area contributed by atoms with Crippen LogP contribution in [-0.4, -0.2) is 38.7 Å². The minimum absolute atomic E-state index is 0.0143. The number of hydrogen-bond acceptors (Lipinski definition) is 6. The van der Waals surface area contributed by atoms with Gasteiger partial charge in [-0.2, -0.15) is 0 Å². The average Bonchev–Trinajstić information content (AvgIpc) is 2.68. The molecule has 1 atom stereocenters. The molecule has 30 heavy (non-hydrogen) atoms. The van der Waals surface area contributed by atoms with Gasteiger partial charge in [-0.3, -0.25) is 9.78 Å². The topological polar surface area (TPSA) is 109 Å². The van der Waals surface area contributed by atoms with E-state index in [1.54, 1.807) is 51.1 Å². The number of carbonyl (C=O) groups excluding carboxylic acids is 2. The van der Waals surface area contributed by atoms with Crippen LogP contribution in [-0.2, 0) is 16.0 Å². The Morgan fingerprint density at radius 3 is 2.43 bits per heavy atom. The van der Waals surface area contributed by atoms with Gasteiger partial charge in [0.1, 0.15) is 22.9 Å². The van der Waals surface area contributed by atoms with Crippen molar-refractivity contribution in [3.05, 3.63) is 65.9 Å². The normalized spacial score (nSPS) is 12.4. The van der Waals surface area contributed by atoms with E-state index in [-0.39, 0.29) is 23.5 Å². The first-order chi connectivity index (χ1) is 14.1. The lowest BCUT2D eigenvalue weighted by Gasteiger charge is -2.25. The molecule has 0 saturated carbocycles. The summed E-state index contributed by atoms with van der Waals surface area (Å²) in [5.74, 6) is -1.36. The molecule has 0 aliphatic rings. The van der Waals surface area contributed by atoms with E-state index in [2.05, 4.69) is 10.3 Å². The minimum Gasteiger partial charge on any atom is -0.508 e. The highest BCUT2D eigenvalue weighted by molar-refractivity contribution is 6.03. The summed E-state index contributed by atoms with van der Waals surface area (Å²) in [5, 5.41) is 23.3. The van der Waals surface area contributed by atoms with Crippen molar-refractivity contribution in [1.29, 1.82) is 0 Å². The zero-order chi connectivity index (χ0) is 21.9. The van der Waals surface area contributed by atoms with Crippen molar-refractivity contribution >= 4 is 22.8 Å². The van der Waals surface area contributed by atoms with E-state index in [9.17, 15) is 19.8 Å². The van der Waals surface area contributed by atoms with Crippen LogP contribution in [0, 0.1) is 0 Å². The van der Waals surface area contributed by atoms with Crippen LogP contribution in [0.2, 0.25) is 0 Å². The molecule has 0 aliphatic heterocycles. The predicted molar refractivity (Wildman–Crippen MR) is 112 cm³/mol. The maximum absolute atomic E-state index is 12.9. The summed E-state index contributed by atoms with van der Waals surface area (Å²) in [4.78, 5) is 29.7. The van der Waals surface area contributed by atoms with Crippen LogP contribution in [0.25, 0.3) is 10.9 Å². The number of aromatic hydroxyl groups is 2. The van der Waals surface area contributed by atoms with Gasteiger partial charge in [-0.1, -0.05) is 24.3 Å². The van der Waals surface area contributed by atoms with E-state index >= 15 is 0 Å². The third-order valence-electron chi connectivity index (χ3n) is 4.37. The largest absolute Gasteiger partial charge is 0.508 e. The minimum atomic E-state index is -0.986. The van der Waals surface area contributed by atoms with Crippen LogP contribution in [0.4, 0.5) is 0 Å². The first-order valence-corrected chi connectivity index (χ1v) is 9.52. The zero-order valence-corrected chi connectivity index (χ0v) is 17.0. The molecule has 0 saturated heterocycles. The summed E-state index contributed by atoms with van der Waals surface area (Å²) >= 11 is 0. The molecule has 7 heteroatoms. The highest BCUT2D eigenvalue weighted by Gasteiger charge is 2.28. The first kappa shape index (κ1) is 21.1. The predicted octanol–water partition coefficient (Wildman–Crippen LogP) is 3.33. The molecule has 0 radical (unpaired) electrons. The molecule has 0 aliphatic carbocycles. The maximum atomic E-state index is 12.9. The van der Waals surface area contributed by atoms with E-state index in [0.717, 1.165) is 5.56 Å². The molecular weight excluding hydrogens is 384 g/mol. The Labute approximate surface area is 174 Å². The van der Waals surface area contributed by atoms with Crippen LogP contribution in [0.1, 0.15) is 36.7 Å². The maximum Gasteiger partial charge on any atom is 0.329 e. The molecule has 0 unspecified atom stereocenters. The van der Waals surface area contributed by atoms with Crippen molar-refractivity contribution in [2.75, 3.05) is 0 Å². The van der Waals surface area contributed by atoms with Gasteiger partial charge >= 0.3 is 5.97 Å². The van der Waals surface area contributed by atoms with E-state index < -0.39 is 23.5 Å². The molecule has 3 aromatic rings. The third-order valence-corrected chi connectivity index (χ3v) is 4.37. The third kappa shape index (κ3) is 5.05. The van der Waals surface area contributed by atoms with Gasteiger partial charge in [0.25, 0.3) is 5.91 Å². The van der Waals surface area contributed by atoms with E-state index in [0.29, 0.717) is 10.9 Å². The molecule has 2 aromatic carbocycles. The lowest BCUT2D eigenvalue weighted by atomic mass is 10.0. The number of hydrogen-bond donors (Lipinski definition) is 3. The standard InChI is InChI=1S/C23H24N2O5/c1-23(2,3)30-22(29)18(13-14-6-9-16(26)10-7-14)25-21(28)17-11-8-15-5-4-12-24-19(15)20(17)27/h4-12,18,26-27H,13H2,1-3H3,(H,25,28)/t18-/m0/s1. The fourth-order valence-corrected chi connectivity index (χ4v) is 2.98. The summed E-state index contributed by atoms with van der Waals surface area (Å²) < 4.78 is 5.46. The molecule has 0 fully saturated rings. The molecule has 1 heterocycles. The number of rotatable bonds is 5. The number of carbonyl (C=O) groups is 2. The molecule has 0 spiro atoms. The molecule has 0 bridgehead atoms. The number of pyridine rings is 1. The number of phenols is 2. The van der Waals surface area contributed by atoms with E-state index in [1.165, 1.54) is 24.4 Å². The van der Waals surface area contributed by atoms with Crippen molar-refractivity contribution in [1.82, 2.24) is 10.3 Å². The quantitative estimate of drug-likeness (QED) is 0.559. The summed E-state index contributed by atoms with van der Waals surface area (Å²) in [6, 6.07) is 12.0. The van der Waals surface area contributed by atoms with E-state index in [4.69, 9.17) is 4.74 Å². The van der Waals surface area contributed by atoms with Crippen LogP contribution < -0.4 is 5.32 Å². The van der Waals surface area contributed by atoms with Gasteiger partial charge in [0, 0.05) is 18.0 Å². The fourth-order valence-electron chi connectivity index (χ4n) is 2.98. The molecule has 1 aromatic heterocycles. The van der Waals surface area contributed by atoms with Crippen LogP contribution >= 0.6 is 0 Å². The Hall–Kier alpha value is -3.61. The van der Waals surface area contributed by atoms with Gasteiger partial charge < -0.3 is 20.3 Å². The number of nitrogens with one attached hydrogen (secondary N) is 1. The number of nitrogens with zero attached hydrogens (tertiary/aromatic N) is 1. The van der Waals surface area contributed by atoms with Crippen molar-refractivity contribution in [2.45, 2.75) is 38.8 Å². The Balaban J connectivity index is 1.87. The van der Waals surface area contributed by atoms with E-state index in [1.807, 2.05) is 0 Å². The number of esters is 1. The number of ether oxygens (including phenoxy) is 1. The molecule has 1 amide bonds.